The molecular formula is C12H14N4O3. The fraction of sp³-hybridized carbons (Fsp3) is 0.333. The van der Waals surface area contributed by atoms with Gasteiger partial charge in [0, 0.05) is 25.1 Å². The number of rotatable bonds is 4. The van der Waals surface area contributed by atoms with Crippen LogP contribution in [0.5, 0.6) is 11.5 Å². The highest BCUT2D eigenvalue weighted by Crippen LogP contribution is 2.36. The summed E-state index contributed by atoms with van der Waals surface area (Å²) in [6, 6.07) is 3.62. The Labute approximate surface area is 109 Å². The Morgan fingerprint density at radius 2 is 2.00 bits per heavy atom. The lowest BCUT2D eigenvalue weighted by Crippen LogP contribution is -2.16. The first-order valence-corrected chi connectivity index (χ1v) is 6.01. The van der Waals surface area contributed by atoms with Crippen LogP contribution in [0.25, 0.3) is 0 Å². The molecule has 7 heteroatoms. The molecule has 0 atom stereocenters. The molecule has 2 heterocycles. The maximum absolute atomic E-state index is 5.96. The van der Waals surface area contributed by atoms with Gasteiger partial charge in [-0.3, -0.25) is 0 Å². The van der Waals surface area contributed by atoms with Gasteiger partial charge in [0.2, 0.25) is 6.39 Å². The second kappa shape index (κ2) is 5.05. The average Bonchev–Trinajstić information content (AvgIpc) is 2.92. The summed E-state index contributed by atoms with van der Waals surface area (Å²) in [5.41, 5.74) is 7.39. The average molecular weight is 262 g/mol. The number of hydrogen-bond donors (Lipinski definition) is 2. The van der Waals surface area contributed by atoms with Crippen LogP contribution in [-0.2, 0) is 6.42 Å². The molecule has 0 aliphatic carbocycles. The highest BCUT2D eigenvalue weighted by atomic mass is 16.6. The fourth-order valence-corrected chi connectivity index (χ4v) is 1.87. The molecule has 0 bridgehead atoms. The minimum absolute atomic E-state index is 0.553. The van der Waals surface area contributed by atoms with E-state index in [2.05, 4.69) is 20.0 Å². The largest absolute Gasteiger partial charge is 0.486 e. The van der Waals surface area contributed by atoms with Crippen molar-refractivity contribution >= 4 is 11.4 Å². The first-order valence-electron chi connectivity index (χ1n) is 6.01. The summed E-state index contributed by atoms with van der Waals surface area (Å²) in [7, 11) is 0. The molecule has 3 N–H and O–H groups in total. The molecule has 0 spiro atoms. The Morgan fingerprint density at radius 1 is 1.21 bits per heavy atom. The van der Waals surface area contributed by atoms with E-state index in [1.807, 2.05) is 6.07 Å². The lowest BCUT2D eigenvalue weighted by atomic mass is 10.2. The maximum Gasteiger partial charge on any atom is 0.213 e. The molecule has 0 unspecified atom stereocenters. The number of nitrogens with two attached hydrogens (primary N) is 1. The van der Waals surface area contributed by atoms with Gasteiger partial charge in [-0.15, -0.1) is 0 Å². The van der Waals surface area contributed by atoms with E-state index in [1.165, 1.54) is 6.39 Å². The molecule has 100 valence electrons. The van der Waals surface area contributed by atoms with Gasteiger partial charge in [-0.05, 0) is 0 Å². The first kappa shape index (κ1) is 11.6. The molecule has 0 saturated carbocycles. The van der Waals surface area contributed by atoms with Crippen LogP contribution in [0, 0.1) is 0 Å². The summed E-state index contributed by atoms with van der Waals surface area (Å²) in [5, 5.41) is 6.96. The minimum Gasteiger partial charge on any atom is -0.486 e. The lowest BCUT2D eigenvalue weighted by molar-refractivity contribution is 0.172. The normalized spacial score (nSPS) is 13.3. The first-order chi connectivity index (χ1) is 9.33. The standard InChI is InChI=1S/C12H14N4O3/c13-8-5-10-11(18-4-3-17-10)6-9(8)14-2-1-12-15-7-19-16-12/h5-7,14H,1-4,13H2. The third-order valence-corrected chi connectivity index (χ3v) is 2.79. The van der Waals surface area contributed by atoms with E-state index in [-0.39, 0.29) is 0 Å². The number of nitrogens with one attached hydrogen (secondary N) is 1. The molecule has 1 aromatic carbocycles. The Hall–Kier alpha value is -2.44. The van der Waals surface area contributed by atoms with Crippen LogP contribution in [0.15, 0.2) is 23.0 Å². The molecule has 0 saturated heterocycles. The molecule has 0 amide bonds. The van der Waals surface area contributed by atoms with Gasteiger partial charge >= 0.3 is 0 Å². The molecule has 0 radical (unpaired) electrons. The highest BCUT2D eigenvalue weighted by molar-refractivity contribution is 5.72. The smallest absolute Gasteiger partial charge is 0.213 e. The van der Waals surface area contributed by atoms with E-state index in [1.54, 1.807) is 6.07 Å². The molecule has 1 aliphatic rings. The van der Waals surface area contributed by atoms with Crippen molar-refractivity contribution in [3.05, 3.63) is 24.4 Å². The van der Waals surface area contributed by atoms with Gasteiger partial charge in [-0.2, -0.15) is 4.98 Å². The Kier molecular flexibility index (Phi) is 3.09. The number of benzene rings is 1. The van der Waals surface area contributed by atoms with Gasteiger partial charge in [-0.25, -0.2) is 0 Å². The van der Waals surface area contributed by atoms with Crippen LogP contribution in [0.1, 0.15) is 5.82 Å². The van der Waals surface area contributed by atoms with Gasteiger partial charge in [0.25, 0.3) is 0 Å². The summed E-state index contributed by atoms with van der Waals surface area (Å²) < 4.78 is 15.6. The third-order valence-electron chi connectivity index (χ3n) is 2.79. The third kappa shape index (κ3) is 2.54. The number of hydrogen-bond acceptors (Lipinski definition) is 7. The highest BCUT2D eigenvalue weighted by Gasteiger charge is 2.14. The van der Waals surface area contributed by atoms with E-state index in [9.17, 15) is 0 Å². The van der Waals surface area contributed by atoms with E-state index in [4.69, 9.17) is 15.2 Å². The van der Waals surface area contributed by atoms with Crippen molar-refractivity contribution < 1.29 is 14.0 Å². The summed E-state index contributed by atoms with van der Waals surface area (Å²) >= 11 is 0. The van der Waals surface area contributed by atoms with Gasteiger partial charge in [-0.1, -0.05) is 5.16 Å². The molecule has 3 rings (SSSR count). The Morgan fingerprint density at radius 3 is 2.74 bits per heavy atom. The second-order valence-electron chi connectivity index (χ2n) is 4.11. The second-order valence-corrected chi connectivity index (χ2v) is 4.11. The van der Waals surface area contributed by atoms with Crippen LogP contribution < -0.4 is 20.5 Å². The topological polar surface area (TPSA) is 95.4 Å². The number of anilines is 2. The number of aromatic nitrogens is 2. The van der Waals surface area contributed by atoms with E-state index in [0.717, 1.165) is 5.69 Å². The predicted molar refractivity (Wildman–Crippen MR) is 68.3 cm³/mol. The van der Waals surface area contributed by atoms with Crippen molar-refractivity contribution in [1.82, 2.24) is 10.1 Å². The fourth-order valence-electron chi connectivity index (χ4n) is 1.87. The van der Waals surface area contributed by atoms with E-state index < -0.39 is 0 Å². The van der Waals surface area contributed by atoms with Crippen LogP contribution in [0.3, 0.4) is 0 Å². The molecule has 1 aromatic heterocycles. The lowest BCUT2D eigenvalue weighted by Gasteiger charge is -2.20. The zero-order valence-electron chi connectivity index (χ0n) is 10.3. The molecule has 0 fully saturated rings. The Bertz CT molecular complexity index is 556. The van der Waals surface area contributed by atoms with Crippen molar-refractivity contribution in [1.29, 1.82) is 0 Å². The summed E-state index contributed by atoms with van der Waals surface area (Å²) in [4.78, 5) is 3.95. The molecular weight excluding hydrogens is 248 g/mol. The zero-order chi connectivity index (χ0) is 13.1. The quantitative estimate of drug-likeness (QED) is 0.796. The number of ether oxygens (including phenoxy) is 2. The molecule has 7 nitrogen and oxygen atoms in total. The van der Waals surface area contributed by atoms with Crippen LogP contribution in [0.4, 0.5) is 11.4 Å². The van der Waals surface area contributed by atoms with E-state index >= 15 is 0 Å². The maximum atomic E-state index is 5.96. The molecule has 2 aromatic rings. The number of nitrogens with zero attached hydrogens (tertiary/aromatic N) is 2. The summed E-state index contributed by atoms with van der Waals surface area (Å²) in [6.45, 7) is 1.76. The van der Waals surface area contributed by atoms with Crippen LogP contribution in [-0.4, -0.2) is 29.9 Å². The summed E-state index contributed by atoms with van der Waals surface area (Å²) in [6.07, 6.45) is 1.97. The SMILES string of the molecule is Nc1cc2c(cc1NCCc1ncon1)OCCO2. The Balaban J connectivity index is 1.67. The van der Waals surface area contributed by atoms with Gasteiger partial charge < -0.3 is 25.0 Å². The van der Waals surface area contributed by atoms with Crippen LogP contribution in [0.2, 0.25) is 0 Å². The van der Waals surface area contributed by atoms with Crippen molar-refractivity contribution in [2.24, 2.45) is 0 Å². The zero-order valence-corrected chi connectivity index (χ0v) is 10.3. The molecule has 19 heavy (non-hydrogen) atoms. The van der Waals surface area contributed by atoms with Crippen molar-refractivity contribution in [3.63, 3.8) is 0 Å². The van der Waals surface area contributed by atoms with Gasteiger partial charge in [0.15, 0.2) is 17.3 Å². The van der Waals surface area contributed by atoms with Crippen LogP contribution >= 0.6 is 0 Å². The monoisotopic (exact) mass is 262 g/mol. The van der Waals surface area contributed by atoms with Crippen molar-refractivity contribution in [2.45, 2.75) is 6.42 Å². The predicted octanol–water partition coefficient (Wildman–Crippen LogP) is 1.08. The van der Waals surface area contributed by atoms with Crippen molar-refractivity contribution in [3.8, 4) is 11.5 Å². The number of fused-ring (bicyclic) bond motifs is 1. The molecule has 1 aliphatic heterocycles. The van der Waals surface area contributed by atoms with Gasteiger partial charge in [0.05, 0.1) is 11.4 Å². The minimum atomic E-state index is 0.553. The summed E-state index contributed by atoms with van der Waals surface area (Å²) in [5.74, 6) is 2.05. The van der Waals surface area contributed by atoms with Crippen molar-refractivity contribution in [2.75, 3.05) is 30.8 Å². The number of nitrogen functional groups attached to an aromatic ring is 1. The van der Waals surface area contributed by atoms with Gasteiger partial charge in [0.1, 0.15) is 13.2 Å². The van der Waals surface area contributed by atoms with E-state index in [0.29, 0.717) is 49.2 Å².